The van der Waals surface area contributed by atoms with E-state index in [1.54, 1.807) is 6.08 Å². The smallest absolute Gasteiger partial charge is 0.0363 e. The van der Waals surface area contributed by atoms with Gasteiger partial charge >= 0.3 is 0 Å². The number of nitrogens with one attached hydrogen (secondary N) is 1. The average molecular weight is 305 g/mol. The van der Waals surface area contributed by atoms with Crippen molar-refractivity contribution in [2.75, 3.05) is 0 Å². The van der Waals surface area contributed by atoms with Gasteiger partial charge in [-0.1, -0.05) is 56.5 Å². The highest BCUT2D eigenvalue weighted by atomic mass is 14.3. The number of hydrogen-bond donors (Lipinski definition) is 1. The van der Waals surface area contributed by atoms with Gasteiger partial charge in [-0.3, -0.25) is 0 Å². The van der Waals surface area contributed by atoms with Crippen LogP contribution >= 0.6 is 0 Å². The molecule has 120 valence electrons. The van der Waals surface area contributed by atoms with Crippen LogP contribution in [0.1, 0.15) is 34.1 Å². The fourth-order valence-corrected chi connectivity index (χ4v) is 1.65. The zero-order valence-corrected chi connectivity index (χ0v) is 14.8. The fourth-order valence-electron chi connectivity index (χ4n) is 1.65. The van der Waals surface area contributed by atoms with Crippen molar-refractivity contribution in [3.63, 3.8) is 0 Å². The zero-order chi connectivity index (χ0) is 17.8. The Morgan fingerprint density at radius 1 is 1.09 bits per heavy atom. The van der Waals surface area contributed by atoms with Crippen LogP contribution in [0.5, 0.6) is 0 Å². The van der Waals surface area contributed by atoms with Gasteiger partial charge in [-0.2, -0.15) is 0 Å². The van der Waals surface area contributed by atoms with E-state index in [2.05, 4.69) is 51.1 Å². The highest BCUT2D eigenvalue weighted by Crippen LogP contribution is 2.18. The van der Waals surface area contributed by atoms with Crippen LogP contribution in [0.4, 0.5) is 0 Å². The van der Waals surface area contributed by atoms with Crippen LogP contribution < -0.4 is 0 Å². The van der Waals surface area contributed by atoms with Gasteiger partial charge in [0.25, 0.3) is 0 Å². The third-order valence-corrected chi connectivity index (χ3v) is 3.29. The summed E-state index contributed by atoms with van der Waals surface area (Å²) in [6.45, 7) is 19.7. The van der Waals surface area contributed by atoms with E-state index in [4.69, 9.17) is 5.41 Å². The van der Waals surface area contributed by atoms with E-state index >= 15 is 0 Å². The van der Waals surface area contributed by atoms with Crippen LogP contribution in [0.25, 0.3) is 0 Å². The Bertz CT molecular complexity index is 677. The predicted octanol–water partition coefficient (Wildman–Crippen LogP) is 6.42. The maximum Gasteiger partial charge on any atom is 0.0363 e. The highest BCUT2D eigenvalue weighted by molar-refractivity contribution is 5.81. The number of hydrogen-bond acceptors (Lipinski definition) is 1. The molecule has 0 fully saturated rings. The molecule has 0 heterocycles. The van der Waals surface area contributed by atoms with Crippen molar-refractivity contribution >= 4 is 6.21 Å². The molecule has 0 rings (SSSR count). The Hall–Kier alpha value is -2.59. The Kier molecular flexibility index (Phi) is 9.80. The molecule has 0 unspecified atom stereocenters. The van der Waals surface area contributed by atoms with E-state index in [0.717, 1.165) is 28.7 Å². The largest absolute Gasteiger partial charge is 0.307 e. The molecule has 0 atom stereocenters. The summed E-state index contributed by atoms with van der Waals surface area (Å²) in [6, 6.07) is 0. The number of allylic oxidation sites excluding steroid dienone is 10. The minimum absolute atomic E-state index is 0.649. The van der Waals surface area contributed by atoms with E-state index in [9.17, 15) is 0 Å². The summed E-state index contributed by atoms with van der Waals surface area (Å²) in [7, 11) is 0. The third-order valence-electron chi connectivity index (χ3n) is 3.29. The van der Waals surface area contributed by atoms with E-state index in [1.807, 2.05) is 32.1 Å². The Morgan fingerprint density at radius 2 is 1.70 bits per heavy atom. The minimum atomic E-state index is 0.649. The summed E-state index contributed by atoms with van der Waals surface area (Å²) in [5.74, 6) is 0. The van der Waals surface area contributed by atoms with E-state index < -0.39 is 0 Å². The molecule has 0 bridgehead atoms. The Labute approximate surface area is 141 Å². The predicted molar refractivity (Wildman–Crippen MR) is 104 cm³/mol. The lowest BCUT2D eigenvalue weighted by atomic mass is 10.00. The van der Waals surface area contributed by atoms with Crippen LogP contribution in [0.2, 0.25) is 0 Å². The normalized spacial score (nSPS) is 11.5. The molecule has 0 spiro atoms. The van der Waals surface area contributed by atoms with Crippen molar-refractivity contribution in [1.29, 1.82) is 5.41 Å². The molecule has 23 heavy (non-hydrogen) atoms. The molecule has 0 aromatic rings. The number of rotatable bonds is 8. The first-order chi connectivity index (χ1) is 10.9. The first-order valence-corrected chi connectivity index (χ1v) is 7.60. The molecule has 1 N–H and O–H groups in total. The van der Waals surface area contributed by atoms with Crippen molar-refractivity contribution in [3.8, 4) is 0 Å². The van der Waals surface area contributed by atoms with Gasteiger partial charge in [0.1, 0.15) is 0 Å². The third kappa shape index (κ3) is 7.83. The van der Waals surface area contributed by atoms with Crippen molar-refractivity contribution in [3.05, 3.63) is 95.0 Å². The summed E-state index contributed by atoms with van der Waals surface area (Å²) in [6.07, 6.45) is 12.2. The quantitative estimate of drug-likeness (QED) is 0.304. The van der Waals surface area contributed by atoms with Gasteiger partial charge in [0.15, 0.2) is 0 Å². The van der Waals surface area contributed by atoms with Gasteiger partial charge in [-0.15, -0.1) is 11.5 Å². The molecule has 0 radical (unpaired) electrons. The molecule has 0 amide bonds. The molecule has 0 aliphatic heterocycles. The topological polar surface area (TPSA) is 23.9 Å². The van der Waals surface area contributed by atoms with Crippen LogP contribution in [-0.2, 0) is 0 Å². The molecular weight excluding hydrogens is 278 g/mol. The standard InChI is InChI=1S/C22H27N/c1-8-18(5)12-10-11-13-19(6)22(9-2)20(7)14-15-21(16-23)17(3)4/h10-14,16,23H,2-3,7-8H2,1,4-6H3/b11-10+,18-12+,19-13+,23-16?. The van der Waals surface area contributed by atoms with Gasteiger partial charge in [-0.05, 0) is 50.0 Å². The van der Waals surface area contributed by atoms with Crippen molar-refractivity contribution in [2.45, 2.75) is 34.1 Å². The molecule has 1 nitrogen and oxygen atoms in total. The minimum Gasteiger partial charge on any atom is -0.307 e. The summed E-state index contributed by atoms with van der Waals surface area (Å²) < 4.78 is 0. The van der Waals surface area contributed by atoms with Crippen LogP contribution in [0.15, 0.2) is 95.0 Å². The molecule has 0 saturated carbocycles. The van der Waals surface area contributed by atoms with Crippen LogP contribution in [-0.4, -0.2) is 6.21 Å². The summed E-state index contributed by atoms with van der Waals surface area (Å²) in [5, 5.41) is 7.34. The van der Waals surface area contributed by atoms with E-state index in [0.29, 0.717) is 5.57 Å². The maximum atomic E-state index is 7.34. The van der Waals surface area contributed by atoms with Gasteiger partial charge < -0.3 is 5.41 Å². The van der Waals surface area contributed by atoms with E-state index in [1.165, 1.54) is 11.8 Å². The van der Waals surface area contributed by atoms with Gasteiger partial charge in [0.2, 0.25) is 0 Å². The van der Waals surface area contributed by atoms with Gasteiger partial charge in [0, 0.05) is 17.4 Å². The molecular formula is C22H27N. The Morgan fingerprint density at radius 3 is 2.17 bits per heavy atom. The molecule has 0 saturated heterocycles. The second kappa shape index (κ2) is 11.0. The second-order valence-electron chi connectivity index (χ2n) is 5.31. The van der Waals surface area contributed by atoms with Crippen molar-refractivity contribution in [1.82, 2.24) is 0 Å². The second-order valence-corrected chi connectivity index (χ2v) is 5.31. The first-order valence-electron chi connectivity index (χ1n) is 7.60. The van der Waals surface area contributed by atoms with Crippen LogP contribution in [0.3, 0.4) is 0 Å². The summed E-state index contributed by atoms with van der Waals surface area (Å²) in [5.41, 5.74) is 11.3. The molecule has 0 aliphatic carbocycles. The SMILES string of the molecule is C=C=C(C(=C)C=C=C(C=N)C(=C)C)/C(C)=C/C=C/C=C(\C)CC. The Balaban J connectivity index is 5.35. The molecule has 0 aliphatic rings. The highest BCUT2D eigenvalue weighted by Gasteiger charge is 2.01. The monoisotopic (exact) mass is 305 g/mol. The fraction of sp³-hybridized carbons (Fsp3) is 0.227. The lowest BCUT2D eigenvalue weighted by molar-refractivity contribution is 1.10. The lowest BCUT2D eigenvalue weighted by Gasteiger charge is -2.03. The average Bonchev–Trinajstić information content (AvgIpc) is 2.52. The molecule has 0 aromatic heterocycles. The lowest BCUT2D eigenvalue weighted by Crippen LogP contribution is -1.87. The van der Waals surface area contributed by atoms with E-state index in [-0.39, 0.29) is 0 Å². The van der Waals surface area contributed by atoms with Gasteiger partial charge in [-0.25, -0.2) is 0 Å². The van der Waals surface area contributed by atoms with Crippen molar-refractivity contribution < 1.29 is 0 Å². The molecule has 1 heteroatoms. The first kappa shape index (κ1) is 20.4. The zero-order valence-electron chi connectivity index (χ0n) is 14.8. The summed E-state index contributed by atoms with van der Waals surface area (Å²) >= 11 is 0. The van der Waals surface area contributed by atoms with Crippen molar-refractivity contribution in [2.24, 2.45) is 0 Å². The molecule has 0 aromatic carbocycles. The summed E-state index contributed by atoms with van der Waals surface area (Å²) in [4.78, 5) is 0. The maximum absolute atomic E-state index is 7.34. The van der Waals surface area contributed by atoms with Gasteiger partial charge in [0.05, 0.1) is 0 Å². The van der Waals surface area contributed by atoms with Crippen LogP contribution in [0, 0.1) is 5.41 Å².